The Morgan fingerprint density at radius 1 is 1.10 bits per heavy atom. The first-order chi connectivity index (χ1) is 20.3. The molecule has 2 amide bonds. The minimum absolute atomic E-state index is 0.00241. The van der Waals surface area contributed by atoms with E-state index < -0.39 is 10.8 Å². The summed E-state index contributed by atoms with van der Waals surface area (Å²) in [5.41, 5.74) is 3.95. The number of H-pyrrole nitrogens is 1. The number of hydrogen-bond donors (Lipinski definition) is 1. The second kappa shape index (κ2) is 12.1. The summed E-state index contributed by atoms with van der Waals surface area (Å²) in [7, 11) is 1.73. The molecule has 6 rings (SSSR count). The summed E-state index contributed by atoms with van der Waals surface area (Å²) < 4.78 is 5.50. The summed E-state index contributed by atoms with van der Waals surface area (Å²) in [5, 5.41) is 1.59. The largest absolute Gasteiger partial charge is 0.381 e. The third-order valence-corrected chi connectivity index (χ3v) is 10.6. The van der Waals surface area contributed by atoms with Crippen LogP contribution in [0.2, 0.25) is 5.02 Å². The zero-order chi connectivity index (χ0) is 29.4. The van der Waals surface area contributed by atoms with Crippen LogP contribution in [0.4, 0.5) is 0 Å². The van der Waals surface area contributed by atoms with Crippen molar-refractivity contribution >= 4 is 62.0 Å². The zero-order valence-corrected chi connectivity index (χ0v) is 26.8. The van der Waals surface area contributed by atoms with Crippen molar-refractivity contribution in [3.05, 3.63) is 99.1 Å². The fourth-order valence-electron chi connectivity index (χ4n) is 6.26. The highest BCUT2D eigenvalue weighted by molar-refractivity contribution is 9.10. The number of nitrogens with one attached hydrogen (secondary N) is 1. The Morgan fingerprint density at radius 2 is 1.81 bits per heavy atom. The number of methoxy groups -OCH3 is 1. The van der Waals surface area contributed by atoms with Crippen LogP contribution < -0.4 is 0 Å². The van der Waals surface area contributed by atoms with E-state index in [1.165, 1.54) is 11.8 Å². The molecule has 0 spiro atoms. The smallest absolute Gasteiger partial charge is 0.242 e. The first-order valence-electron chi connectivity index (χ1n) is 14.2. The molecule has 0 aliphatic carbocycles. The van der Waals surface area contributed by atoms with Crippen LogP contribution in [0, 0.1) is 6.92 Å². The maximum atomic E-state index is 14.9. The Labute approximate surface area is 263 Å². The Hall–Kier alpha value is -2.78. The van der Waals surface area contributed by atoms with Gasteiger partial charge in [0.05, 0.1) is 18.6 Å². The normalized spacial score (nSPS) is 21.4. The number of fused-ring (bicyclic) bond motifs is 1. The van der Waals surface area contributed by atoms with Crippen molar-refractivity contribution in [3.8, 4) is 0 Å². The second-order valence-electron chi connectivity index (χ2n) is 11.2. The number of carbonyl (C=O) groups is 2. The van der Waals surface area contributed by atoms with Crippen LogP contribution in [0.1, 0.15) is 42.0 Å². The topological polar surface area (TPSA) is 65.6 Å². The second-order valence-corrected chi connectivity index (χ2v) is 13.9. The van der Waals surface area contributed by atoms with Crippen molar-refractivity contribution in [2.24, 2.45) is 0 Å². The number of nitrogens with zero attached hydrogens (tertiary/aromatic N) is 2. The average Bonchev–Trinajstić information content (AvgIpc) is 3.52. The lowest BCUT2D eigenvalue weighted by atomic mass is 9.89. The van der Waals surface area contributed by atoms with Gasteiger partial charge in [0.15, 0.2) is 0 Å². The molecule has 2 fully saturated rings. The lowest BCUT2D eigenvalue weighted by molar-refractivity contribution is -0.137. The van der Waals surface area contributed by atoms with E-state index in [1.807, 2.05) is 65.4 Å². The van der Waals surface area contributed by atoms with Crippen LogP contribution in [-0.4, -0.2) is 57.6 Å². The highest BCUT2D eigenvalue weighted by Gasteiger charge is 2.59. The predicted octanol–water partition coefficient (Wildman–Crippen LogP) is 7.53. The molecule has 1 unspecified atom stereocenters. The van der Waals surface area contributed by atoms with E-state index in [0.29, 0.717) is 24.7 Å². The molecule has 0 radical (unpaired) electrons. The van der Waals surface area contributed by atoms with Crippen molar-refractivity contribution in [2.45, 2.75) is 54.5 Å². The van der Waals surface area contributed by atoms with Gasteiger partial charge in [-0.15, -0.1) is 11.8 Å². The first-order valence-corrected chi connectivity index (χ1v) is 16.1. The van der Waals surface area contributed by atoms with Gasteiger partial charge >= 0.3 is 0 Å². The number of halogens is 2. The molecule has 0 saturated carbocycles. The number of ether oxygens (including phenoxy) is 1. The maximum Gasteiger partial charge on any atom is 0.242 e. The van der Waals surface area contributed by atoms with E-state index in [-0.39, 0.29) is 24.3 Å². The van der Waals surface area contributed by atoms with Gasteiger partial charge in [-0.1, -0.05) is 63.4 Å². The quantitative estimate of drug-likeness (QED) is 0.222. The molecule has 1 N–H and O–H groups in total. The number of benzene rings is 3. The Kier molecular flexibility index (Phi) is 8.42. The lowest BCUT2D eigenvalue weighted by Gasteiger charge is -2.41. The number of likely N-dealkylation sites (tertiary alicyclic amines) is 2. The Morgan fingerprint density at radius 3 is 2.50 bits per heavy atom. The van der Waals surface area contributed by atoms with Crippen LogP contribution in [0.5, 0.6) is 0 Å². The number of piperidine rings is 1. The van der Waals surface area contributed by atoms with E-state index in [0.717, 1.165) is 49.8 Å². The van der Waals surface area contributed by atoms with Gasteiger partial charge < -0.3 is 19.5 Å². The molecule has 2 aliphatic heterocycles. The monoisotopic (exact) mass is 665 g/mol. The molecule has 42 heavy (non-hydrogen) atoms. The number of aryl methyl sites for hydroxylation is 1. The minimum atomic E-state index is -1.07. The van der Waals surface area contributed by atoms with Crippen LogP contribution in [0.25, 0.3) is 10.9 Å². The zero-order valence-electron chi connectivity index (χ0n) is 23.6. The summed E-state index contributed by atoms with van der Waals surface area (Å²) in [4.78, 5) is 37.3. The van der Waals surface area contributed by atoms with Crippen molar-refractivity contribution < 1.29 is 14.3 Å². The first kappa shape index (κ1) is 29.3. The molecule has 0 bridgehead atoms. The van der Waals surface area contributed by atoms with Crippen LogP contribution in [-0.2, 0) is 20.9 Å². The number of rotatable bonds is 7. The molecule has 3 heterocycles. The molecule has 2 atom stereocenters. The van der Waals surface area contributed by atoms with Gasteiger partial charge in [-0.25, -0.2) is 0 Å². The molecular weight excluding hydrogens is 634 g/mol. The van der Waals surface area contributed by atoms with Crippen molar-refractivity contribution in [3.63, 3.8) is 0 Å². The van der Waals surface area contributed by atoms with Crippen molar-refractivity contribution in [1.29, 1.82) is 0 Å². The molecule has 218 valence electrons. The lowest BCUT2D eigenvalue weighted by Crippen LogP contribution is -2.52. The number of thioether (sulfide) groups is 1. The van der Waals surface area contributed by atoms with Gasteiger partial charge in [0.2, 0.25) is 11.8 Å². The summed E-state index contributed by atoms with van der Waals surface area (Å²) in [6, 6.07) is 21.5. The van der Waals surface area contributed by atoms with Gasteiger partial charge in [0, 0.05) is 63.8 Å². The maximum absolute atomic E-state index is 14.9. The number of carbonyl (C=O) groups excluding carboxylic acids is 2. The summed E-state index contributed by atoms with van der Waals surface area (Å²) >= 11 is 11.4. The average molecular weight is 667 g/mol. The molecule has 3 aromatic carbocycles. The third-order valence-electron chi connectivity index (χ3n) is 8.47. The van der Waals surface area contributed by atoms with Crippen LogP contribution in [0.15, 0.2) is 82.3 Å². The van der Waals surface area contributed by atoms with E-state index in [9.17, 15) is 9.59 Å². The highest BCUT2D eigenvalue weighted by atomic mass is 79.9. The van der Waals surface area contributed by atoms with Crippen LogP contribution in [0.3, 0.4) is 0 Å². The summed E-state index contributed by atoms with van der Waals surface area (Å²) in [6.45, 7) is 3.65. The number of aromatic amines is 1. The molecule has 6 nitrogen and oxygen atoms in total. The van der Waals surface area contributed by atoms with Gasteiger partial charge in [-0.3, -0.25) is 9.59 Å². The Balaban J connectivity index is 1.50. The number of hydrogen-bond acceptors (Lipinski definition) is 4. The van der Waals surface area contributed by atoms with Gasteiger partial charge in [-0.2, -0.15) is 0 Å². The SMILES string of the molecule is COC1CCN(C(=O)C2(Sc3ccc(C)cc3)CC(=O)N(Cc3ccc(Br)cc3)[C@H]2c2c[nH]c3cc(Cl)ccc23)CC1. The summed E-state index contributed by atoms with van der Waals surface area (Å²) in [5.74, 6) is -0.0337. The van der Waals surface area contributed by atoms with E-state index in [2.05, 4.69) is 45.2 Å². The number of aromatic nitrogens is 1. The van der Waals surface area contributed by atoms with Crippen molar-refractivity contribution in [1.82, 2.24) is 14.8 Å². The van der Waals surface area contributed by atoms with Gasteiger partial charge in [0.25, 0.3) is 0 Å². The number of amides is 2. The van der Waals surface area contributed by atoms with E-state index >= 15 is 0 Å². The van der Waals surface area contributed by atoms with Crippen molar-refractivity contribution in [2.75, 3.05) is 20.2 Å². The van der Waals surface area contributed by atoms with Crippen LogP contribution >= 0.6 is 39.3 Å². The molecule has 2 aliphatic rings. The fourth-order valence-corrected chi connectivity index (χ4v) is 8.16. The fraction of sp³-hybridized carbons (Fsp3) is 0.333. The predicted molar refractivity (Wildman–Crippen MR) is 172 cm³/mol. The van der Waals surface area contributed by atoms with Gasteiger partial charge in [-0.05, 0) is 61.7 Å². The third kappa shape index (κ3) is 5.62. The minimum Gasteiger partial charge on any atom is -0.381 e. The molecule has 2 saturated heterocycles. The molecule has 4 aromatic rings. The molecule has 9 heteroatoms. The highest BCUT2D eigenvalue weighted by Crippen LogP contribution is 2.55. The van der Waals surface area contributed by atoms with E-state index in [1.54, 1.807) is 7.11 Å². The van der Waals surface area contributed by atoms with Gasteiger partial charge in [0.1, 0.15) is 4.75 Å². The summed E-state index contributed by atoms with van der Waals surface area (Å²) in [6.07, 6.45) is 3.76. The molecular formula is C33H33BrClN3O3S. The molecule has 1 aromatic heterocycles. The van der Waals surface area contributed by atoms with E-state index in [4.69, 9.17) is 16.3 Å². The Bertz CT molecular complexity index is 1600. The standard InChI is InChI=1S/C33H33BrClN3O3S/c1-21-3-10-26(11-4-21)42-33(32(40)37-15-13-25(41-2)14-16-37)18-30(39)38(20-22-5-7-23(34)8-6-22)31(33)28-19-36-29-17-24(35)9-12-27(28)29/h3-12,17,19,25,31,36H,13-16,18,20H2,1-2H3/t31-,33?/m0/s1.